The number of carboxylic acids is 1. The third-order valence-electron chi connectivity index (χ3n) is 4.17. The number of nitrogens with one attached hydrogen (secondary N) is 1. The van der Waals surface area contributed by atoms with E-state index in [1.54, 1.807) is 20.8 Å². The van der Waals surface area contributed by atoms with Crippen LogP contribution in [0.5, 0.6) is 0 Å². The Morgan fingerprint density at radius 3 is 2.64 bits per heavy atom. The van der Waals surface area contributed by atoms with Crippen molar-refractivity contribution in [2.45, 2.75) is 32.8 Å². The van der Waals surface area contributed by atoms with Gasteiger partial charge in [-0.15, -0.1) is 0 Å². The lowest BCUT2D eigenvalue weighted by atomic mass is 9.93. The number of carbonyl (C=O) groups is 2. The molecule has 2 heterocycles. The van der Waals surface area contributed by atoms with Crippen molar-refractivity contribution in [3.8, 4) is 0 Å². The number of carbonyl (C=O) groups excluding carboxylic acids is 1. The highest BCUT2D eigenvalue weighted by Gasteiger charge is 2.30. The summed E-state index contributed by atoms with van der Waals surface area (Å²) < 4.78 is 5.37. The Balaban J connectivity index is 1.95. The topological polar surface area (TPSA) is 82.6 Å². The van der Waals surface area contributed by atoms with Gasteiger partial charge in [0.15, 0.2) is 0 Å². The first-order valence-corrected chi connectivity index (χ1v) is 8.26. The minimum Gasteiger partial charge on any atom is -0.478 e. The van der Waals surface area contributed by atoms with E-state index < -0.39 is 17.7 Å². The molecule has 0 saturated heterocycles. The van der Waals surface area contributed by atoms with Crippen LogP contribution in [0.25, 0.3) is 16.5 Å². The van der Waals surface area contributed by atoms with Crippen LogP contribution in [-0.4, -0.2) is 45.7 Å². The fraction of sp³-hybridized carbons (Fsp3) is 0.368. The van der Waals surface area contributed by atoms with Gasteiger partial charge in [-0.3, -0.25) is 0 Å². The smallest absolute Gasteiger partial charge is 0.410 e. The number of carboxylic acid groups (broad SMARTS) is 1. The highest BCUT2D eigenvalue weighted by atomic mass is 16.6. The molecular formula is C19H22N2O4. The molecular weight excluding hydrogens is 320 g/mol. The number of aromatic amines is 1. The fourth-order valence-corrected chi connectivity index (χ4v) is 3.06. The number of hydrogen-bond donors (Lipinski definition) is 2. The largest absolute Gasteiger partial charge is 0.478 e. The van der Waals surface area contributed by atoms with E-state index in [0.29, 0.717) is 13.0 Å². The molecule has 0 radical (unpaired) electrons. The number of aromatic nitrogens is 1. The molecule has 1 aliphatic heterocycles. The predicted molar refractivity (Wildman–Crippen MR) is 95.3 cm³/mol. The van der Waals surface area contributed by atoms with Crippen LogP contribution in [0.15, 0.2) is 36.0 Å². The summed E-state index contributed by atoms with van der Waals surface area (Å²) in [6, 6.07) is 7.78. The number of benzene rings is 1. The number of amides is 1. The number of aliphatic carboxylic acids is 1. The fourth-order valence-electron chi connectivity index (χ4n) is 3.06. The van der Waals surface area contributed by atoms with E-state index in [1.165, 1.54) is 4.90 Å². The molecule has 1 amide bonds. The third kappa shape index (κ3) is 3.52. The van der Waals surface area contributed by atoms with Gasteiger partial charge in [0, 0.05) is 29.2 Å². The van der Waals surface area contributed by atoms with Gasteiger partial charge < -0.3 is 19.7 Å². The Morgan fingerprint density at radius 1 is 1.24 bits per heavy atom. The first kappa shape index (κ1) is 17.1. The molecule has 0 atom stereocenters. The molecule has 2 aromatic rings. The monoisotopic (exact) mass is 342 g/mol. The first-order valence-electron chi connectivity index (χ1n) is 8.26. The number of fused-ring (bicyclic) bond motifs is 1. The zero-order valence-corrected chi connectivity index (χ0v) is 14.6. The molecule has 0 unspecified atom stereocenters. The average molecular weight is 342 g/mol. The molecule has 3 rings (SSSR count). The van der Waals surface area contributed by atoms with Crippen molar-refractivity contribution in [1.29, 1.82) is 0 Å². The second kappa shape index (κ2) is 6.27. The summed E-state index contributed by atoms with van der Waals surface area (Å²) in [5.74, 6) is -1.01. The van der Waals surface area contributed by atoms with E-state index in [9.17, 15) is 14.7 Å². The van der Waals surface area contributed by atoms with Crippen molar-refractivity contribution in [3.05, 3.63) is 41.6 Å². The van der Waals surface area contributed by atoms with E-state index in [0.717, 1.165) is 22.0 Å². The first-order chi connectivity index (χ1) is 11.8. The molecule has 0 spiro atoms. The van der Waals surface area contributed by atoms with Crippen molar-refractivity contribution in [3.63, 3.8) is 0 Å². The van der Waals surface area contributed by atoms with Crippen LogP contribution in [-0.2, 0) is 9.53 Å². The van der Waals surface area contributed by atoms with Gasteiger partial charge in [-0.05, 0) is 38.8 Å². The minimum atomic E-state index is -1.01. The lowest BCUT2D eigenvalue weighted by Crippen LogP contribution is -2.41. The number of para-hydroxylation sites is 1. The van der Waals surface area contributed by atoms with Gasteiger partial charge in [-0.25, -0.2) is 9.59 Å². The van der Waals surface area contributed by atoms with Crippen molar-refractivity contribution >= 4 is 28.5 Å². The summed E-state index contributed by atoms with van der Waals surface area (Å²) >= 11 is 0. The number of nitrogens with zero attached hydrogens (tertiary/aromatic N) is 1. The maximum Gasteiger partial charge on any atom is 0.410 e. The Bertz CT molecular complexity index is 858. The van der Waals surface area contributed by atoms with Gasteiger partial charge >= 0.3 is 12.1 Å². The molecule has 1 aliphatic rings. The zero-order valence-electron chi connectivity index (χ0n) is 14.6. The summed E-state index contributed by atoms with van der Waals surface area (Å²) in [6.45, 7) is 5.85. The Morgan fingerprint density at radius 2 is 1.96 bits per heavy atom. The summed E-state index contributed by atoms with van der Waals surface area (Å²) in [5, 5.41) is 10.7. The molecule has 132 valence electrons. The number of ether oxygens (including phenoxy) is 1. The molecule has 6 heteroatoms. The predicted octanol–water partition coefficient (Wildman–Crippen LogP) is 3.65. The van der Waals surface area contributed by atoms with Crippen LogP contribution in [0.2, 0.25) is 0 Å². The molecule has 6 nitrogen and oxygen atoms in total. The lowest BCUT2D eigenvalue weighted by Gasteiger charge is -2.31. The Hall–Kier alpha value is -2.76. The molecule has 25 heavy (non-hydrogen) atoms. The summed E-state index contributed by atoms with van der Waals surface area (Å²) in [6.07, 6.45) is 1.83. The highest BCUT2D eigenvalue weighted by molar-refractivity contribution is 6.03. The van der Waals surface area contributed by atoms with E-state index in [4.69, 9.17) is 4.74 Å². The normalized spacial score (nSPS) is 15.6. The number of rotatable bonds is 2. The Labute approximate surface area is 146 Å². The summed E-state index contributed by atoms with van der Waals surface area (Å²) in [7, 11) is 0. The molecule has 0 fully saturated rings. The molecule has 0 aliphatic carbocycles. The molecule has 0 bridgehead atoms. The van der Waals surface area contributed by atoms with Crippen LogP contribution >= 0.6 is 0 Å². The van der Waals surface area contributed by atoms with E-state index in [-0.39, 0.29) is 12.1 Å². The van der Waals surface area contributed by atoms with Gasteiger partial charge in [0.2, 0.25) is 0 Å². The van der Waals surface area contributed by atoms with Gasteiger partial charge in [-0.2, -0.15) is 0 Å². The van der Waals surface area contributed by atoms with Crippen LogP contribution in [0.3, 0.4) is 0 Å². The van der Waals surface area contributed by atoms with Gasteiger partial charge in [0.1, 0.15) is 5.60 Å². The minimum absolute atomic E-state index is 0.0408. The molecule has 2 N–H and O–H groups in total. The second-order valence-corrected chi connectivity index (χ2v) is 7.16. The van der Waals surface area contributed by atoms with Gasteiger partial charge in [0.05, 0.1) is 12.1 Å². The summed E-state index contributed by atoms with van der Waals surface area (Å²) in [5.41, 5.74) is 2.24. The number of hydrogen-bond acceptors (Lipinski definition) is 3. The molecule has 0 saturated carbocycles. The maximum absolute atomic E-state index is 12.3. The van der Waals surface area contributed by atoms with Gasteiger partial charge in [0.25, 0.3) is 0 Å². The van der Waals surface area contributed by atoms with Gasteiger partial charge in [-0.1, -0.05) is 18.2 Å². The standard InChI is InChI=1S/C19H22N2O4/c1-19(2,3)25-18(24)21-9-8-12(15(11-21)17(22)23)14-10-20-16-7-5-4-6-13(14)16/h4-7,10,20H,8-9,11H2,1-3H3,(H,22,23). The highest BCUT2D eigenvalue weighted by Crippen LogP contribution is 2.33. The summed E-state index contributed by atoms with van der Waals surface area (Å²) in [4.78, 5) is 28.7. The maximum atomic E-state index is 12.3. The van der Waals surface area contributed by atoms with Crippen LogP contribution in [0, 0.1) is 0 Å². The lowest BCUT2D eigenvalue weighted by molar-refractivity contribution is -0.132. The van der Waals surface area contributed by atoms with Crippen LogP contribution < -0.4 is 0 Å². The van der Waals surface area contributed by atoms with Crippen LogP contribution in [0.1, 0.15) is 32.8 Å². The zero-order chi connectivity index (χ0) is 18.2. The van der Waals surface area contributed by atoms with E-state index in [2.05, 4.69) is 4.98 Å². The Kier molecular flexibility index (Phi) is 4.29. The van der Waals surface area contributed by atoms with Crippen molar-refractivity contribution < 1.29 is 19.4 Å². The van der Waals surface area contributed by atoms with E-state index in [1.807, 2.05) is 30.5 Å². The van der Waals surface area contributed by atoms with Crippen LogP contribution in [0.4, 0.5) is 4.79 Å². The van der Waals surface area contributed by atoms with Crippen molar-refractivity contribution in [2.75, 3.05) is 13.1 Å². The van der Waals surface area contributed by atoms with E-state index >= 15 is 0 Å². The van der Waals surface area contributed by atoms with Crippen molar-refractivity contribution in [2.24, 2.45) is 0 Å². The van der Waals surface area contributed by atoms with Crippen molar-refractivity contribution in [1.82, 2.24) is 9.88 Å². The quantitative estimate of drug-likeness (QED) is 0.873. The molecule has 1 aromatic carbocycles. The number of H-pyrrole nitrogens is 1. The third-order valence-corrected chi connectivity index (χ3v) is 4.17. The average Bonchev–Trinajstić information content (AvgIpc) is 2.96. The molecule has 1 aromatic heterocycles. The second-order valence-electron chi connectivity index (χ2n) is 7.16. The SMILES string of the molecule is CC(C)(C)OC(=O)N1CCC(c2c[nH]c3ccccc23)=C(C(=O)O)C1.